The molecule has 92 valence electrons. The van der Waals surface area contributed by atoms with Crippen molar-refractivity contribution in [2.75, 3.05) is 11.4 Å². The Labute approximate surface area is 103 Å². The molecule has 0 atom stereocenters. The van der Waals surface area contributed by atoms with Crippen molar-refractivity contribution in [1.29, 1.82) is 0 Å². The molecule has 3 heteroatoms. The highest BCUT2D eigenvalue weighted by atomic mass is 16.2. The molecular weight excluding hydrogens is 212 g/mol. The lowest BCUT2D eigenvalue weighted by Gasteiger charge is -2.25. The highest BCUT2D eigenvalue weighted by Crippen LogP contribution is 2.35. The van der Waals surface area contributed by atoms with Crippen LogP contribution in [0.1, 0.15) is 32.6 Å². The number of amides is 1. The molecule has 2 rings (SSSR count). The van der Waals surface area contributed by atoms with Crippen molar-refractivity contribution in [2.24, 2.45) is 5.73 Å². The molecule has 0 saturated heterocycles. The van der Waals surface area contributed by atoms with Crippen LogP contribution in [-0.4, -0.2) is 18.0 Å². The first kappa shape index (κ1) is 12.1. The van der Waals surface area contributed by atoms with Gasteiger partial charge in [0.25, 0.3) is 0 Å². The minimum atomic E-state index is -0.580. The smallest absolute Gasteiger partial charge is 0.247 e. The Bertz CT molecular complexity index is 384. The van der Waals surface area contributed by atoms with Crippen LogP contribution in [-0.2, 0) is 4.79 Å². The summed E-state index contributed by atoms with van der Waals surface area (Å²) in [5.41, 5.74) is 6.39. The Kier molecular flexibility index (Phi) is 3.48. The van der Waals surface area contributed by atoms with Crippen molar-refractivity contribution < 1.29 is 4.79 Å². The molecule has 1 aliphatic carbocycles. The Morgan fingerprint density at radius 3 is 2.53 bits per heavy atom. The summed E-state index contributed by atoms with van der Waals surface area (Å²) >= 11 is 0. The number of carbonyl (C=O) groups is 1. The van der Waals surface area contributed by atoms with Gasteiger partial charge in [0, 0.05) is 12.2 Å². The fourth-order valence-corrected chi connectivity index (χ4v) is 1.89. The number of anilines is 1. The average molecular weight is 232 g/mol. The lowest BCUT2D eigenvalue weighted by Crippen LogP contribution is -2.46. The molecule has 0 aliphatic heterocycles. The summed E-state index contributed by atoms with van der Waals surface area (Å²) in [5, 5.41) is 0. The first-order chi connectivity index (χ1) is 8.17. The maximum atomic E-state index is 12.3. The Morgan fingerprint density at radius 1 is 1.35 bits per heavy atom. The zero-order valence-electron chi connectivity index (χ0n) is 10.4. The molecule has 17 heavy (non-hydrogen) atoms. The Morgan fingerprint density at radius 2 is 2.00 bits per heavy atom. The van der Waals surface area contributed by atoms with E-state index in [4.69, 9.17) is 5.73 Å². The van der Waals surface area contributed by atoms with Crippen molar-refractivity contribution in [3.63, 3.8) is 0 Å². The van der Waals surface area contributed by atoms with Gasteiger partial charge in [-0.1, -0.05) is 31.5 Å². The van der Waals surface area contributed by atoms with Crippen molar-refractivity contribution in [3.05, 3.63) is 30.3 Å². The van der Waals surface area contributed by atoms with Crippen LogP contribution in [0.4, 0.5) is 5.69 Å². The van der Waals surface area contributed by atoms with E-state index in [1.54, 1.807) is 0 Å². The number of carbonyl (C=O) groups excluding carboxylic acids is 1. The molecule has 0 heterocycles. The normalized spacial score (nSPS) is 16.6. The largest absolute Gasteiger partial charge is 0.317 e. The van der Waals surface area contributed by atoms with Gasteiger partial charge in [-0.3, -0.25) is 4.79 Å². The quantitative estimate of drug-likeness (QED) is 0.846. The van der Waals surface area contributed by atoms with Crippen LogP contribution in [0.2, 0.25) is 0 Å². The molecule has 0 spiro atoms. The molecule has 0 unspecified atom stereocenters. The molecule has 1 aromatic rings. The van der Waals surface area contributed by atoms with Crippen LogP contribution >= 0.6 is 0 Å². The SMILES string of the molecule is CCCCN(C(=O)C1(N)CC1)c1ccccc1. The second kappa shape index (κ2) is 4.88. The first-order valence-corrected chi connectivity index (χ1v) is 6.33. The molecule has 3 nitrogen and oxygen atoms in total. The van der Waals surface area contributed by atoms with E-state index in [0.717, 1.165) is 37.9 Å². The number of rotatable bonds is 5. The van der Waals surface area contributed by atoms with Crippen LogP contribution in [0, 0.1) is 0 Å². The monoisotopic (exact) mass is 232 g/mol. The maximum absolute atomic E-state index is 12.3. The van der Waals surface area contributed by atoms with E-state index >= 15 is 0 Å². The highest BCUT2D eigenvalue weighted by Gasteiger charge is 2.48. The van der Waals surface area contributed by atoms with Gasteiger partial charge in [-0.05, 0) is 31.4 Å². The van der Waals surface area contributed by atoms with Gasteiger partial charge in [0.15, 0.2) is 0 Å². The van der Waals surface area contributed by atoms with Gasteiger partial charge >= 0.3 is 0 Å². The van der Waals surface area contributed by atoms with E-state index in [0.29, 0.717) is 0 Å². The van der Waals surface area contributed by atoms with Crippen LogP contribution in [0.3, 0.4) is 0 Å². The first-order valence-electron chi connectivity index (χ1n) is 6.33. The van der Waals surface area contributed by atoms with Gasteiger partial charge < -0.3 is 10.6 Å². The zero-order chi connectivity index (χ0) is 12.3. The Balaban J connectivity index is 2.16. The molecule has 1 fully saturated rings. The fraction of sp³-hybridized carbons (Fsp3) is 0.500. The van der Waals surface area contributed by atoms with Gasteiger partial charge in [0.2, 0.25) is 5.91 Å². The maximum Gasteiger partial charge on any atom is 0.247 e. The fourth-order valence-electron chi connectivity index (χ4n) is 1.89. The number of para-hydroxylation sites is 1. The lowest BCUT2D eigenvalue weighted by atomic mass is 10.2. The van der Waals surface area contributed by atoms with Crippen molar-refractivity contribution in [2.45, 2.75) is 38.1 Å². The van der Waals surface area contributed by atoms with Gasteiger partial charge in [0.05, 0.1) is 5.54 Å². The molecular formula is C14H20N2O. The number of unbranched alkanes of at least 4 members (excludes halogenated alkanes) is 1. The van der Waals surface area contributed by atoms with Crippen molar-refractivity contribution >= 4 is 11.6 Å². The summed E-state index contributed by atoms with van der Waals surface area (Å²) in [6, 6.07) is 9.81. The third-order valence-corrected chi connectivity index (χ3v) is 3.26. The molecule has 0 bridgehead atoms. The number of hydrogen-bond acceptors (Lipinski definition) is 2. The molecule has 2 N–H and O–H groups in total. The lowest BCUT2D eigenvalue weighted by molar-refractivity contribution is -0.120. The third-order valence-electron chi connectivity index (χ3n) is 3.26. The van der Waals surface area contributed by atoms with E-state index in [-0.39, 0.29) is 5.91 Å². The van der Waals surface area contributed by atoms with Crippen molar-refractivity contribution in [1.82, 2.24) is 0 Å². The number of nitrogens with zero attached hydrogens (tertiary/aromatic N) is 1. The van der Waals surface area contributed by atoms with Crippen LogP contribution in [0.15, 0.2) is 30.3 Å². The van der Waals surface area contributed by atoms with E-state index in [1.165, 1.54) is 0 Å². The molecule has 1 amide bonds. The van der Waals surface area contributed by atoms with Gasteiger partial charge in [-0.25, -0.2) is 0 Å². The summed E-state index contributed by atoms with van der Waals surface area (Å²) < 4.78 is 0. The van der Waals surface area contributed by atoms with E-state index < -0.39 is 5.54 Å². The van der Waals surface area contributed by atoms with Crippen molar-refractivity contribution in [3.8, 4) is 0 Å². The third kappa shape index (κ3) is 2.67. The molecule has 1 aromatic carbocycles. The summed E-state index contributed by atoms with van der Waals surface area (Å²) in [6.07, 6.45) is 3.73. The predicted octanol–water partition coefficient (Wildman–Crippen LogP) is 2.31. The zero-order valence-corrected chi connectivity index (χ0v) is 10.4. The molecule has 0 radical (unpaired) electrons. The second-order valence-corrected chi connectivity index (χ2v) is 4.80. The molecule has 0 aromatic heterocycles. The minimum Gasteiger partial charge on any atom is -0.317 e. The van der Waals surface area contributed by atoms with Crippen LogP contribution in [0.25, 0.3) is 0 Å². The molecule has 1 aliphatic rings. The topological polar surface area (TPSA) is 46.3 Å². The summed E-state index contributed by atoms with van der Waals surface area (Å²) in [6.45, 7) is 2.89. The Hall–Kier alpha value is -1.35. The predicted molar refractivity (Wildman–Crippen MR) is 69.9 cm³/mol. The summed E-state index contributed by atoms with van der Waals surface area (Å²) in [4.78, 5) is 14.2. The number of hydrogen-bond donors (Lipinski definition) is 1. The van der Waals surface area contributed by atoms with Gasteiger partial charge in [-0.2, -0.15) is 0 Å². The minimum absolute atomic E-state index is 0.0807. The summed E-state index contributed by atoms with van der Waals surface area (Å²) in [5.74, 6) is 0.0807. The highest BCUT2D eigenvalue weighted by molar-refractivity contribution is 6.02. The second-order valence-electron chi connectivity index (χ2n) is 4.80. The van der Waals surface area contributed by atoms with Crippen LogP contribution < -0.4 is 10.6 Å². The summed E-state index contributed by atoms with van der Waals surface area (Å²) in [7, 11) is 0. The number of nitrogens with two attached hydrogens (primary N) is 1. The average Bonchev–Trinajstić information content (AvgIpc) is 3.10. The van der Waals surface area contributed by atoms with E-state index in [1.807, 2.05) is 35.2 Å². The standard InChI is InChI=1S/C14H20N2O/c1-2-3-11-16(12-7-5-4-6-8-12)13(17)14(15)9-10-14/h4-8H,2-3,9-11,15H2,1H3. The van der Waals surface area contributed by atoms with Crippen LogP contribution in [0.5, 0.6) is 0 Å². The van der Waals surface area contributed by atoms with Gasteiger partial charge in [0.1, 0.15) is 0 Å². The molecule has 1 saturated carbocycles. The van der Waals surface area contributed by atoms with E-state index in [9.17, 15) is 4.79 Å². The van der Waals surface area contributed by atoms with Gasteiger partial charge in [-0.15, -0.1) is 0 Å². The van der Waals surface area contributed by atoms with E-state index in [2.05, 4.69) is 6.92 Å². The number of benzene rings is 1.